The number of para-hydroxylation sites is 1. The lowest BCUT2D eigenvalue weighted by atomic mass is 10.2. The van der Waals surface area contributed by atoms with Crippen molar-refractivity contribution in [1.29, 1.82) is 0 Å². The number of nitrogens with one attached hydrogen (secondary N) is 1. The summed E-state index contributed by atoms with van der Waals surface area (Å²) in [5, 5.41) is 3.53. The molecule has 6 heteroatoms. The summed E-state index contributed by atoms with van der Waals surface area (Å²) in [5.74, 6) is -0.178. The Morgan fingerprint density at radius 3 is 2.75 bits per heavy atom. The van der Waals surface area contributed by atoms with Gasteiger partial charge in [0.1, 0.15) is 6.54 Å². The molecule has 1 atom stereocenters. The molecule has 1 unspecified atom stereocenters. The minimum absolute atomic E-state index is 0.00436. The van der Waals surface area contributed by atoms with Crippen molar-refractivity contribution in [2.75, 3.05) is 11.4 Å². The van der Waals surface area contributed by atoms with Crippen molar-refractivity contribution in [3.8, 4) is 0 Å². The van der Waals surface area contributed by atoms with Crippen LogP contribution in [0.3, 0.4) is 0 Å². The molecule has 3 aromatic rings. The number of hydrogen-bond acceptors (Lipinski definition) is 3. The number of fused-ring (bicyclic) bond motifs is 1. The third kappa shape index (κ3) is 3.53. The maximum absolute atomic E-state index is 12.6. The van der Waals surface area contributed by atoms with Crippen LogP contribution in [0.15, 0.2) is 65.6 Å². The standard InChI is InChI=1S/C22H21N3O3/c1-15-5-4-6-17(11-15)25-13-16(12-22(25)28)23-21(27)14-24-10-9-20(26)18-7-2-3-8-19(18)24/h2-11,16H,12-14H2,1H3,(H,23,27). The quantitative estimate of drug-likeness (QED) is 0.760. The Kier molecular flexibility index (Phi) is 4.69. The second-order valence-corrected chi connectivity index (χ2v) is 7.14. The van der Waals surface area contributed by atoms with Crippen molar-refractivity contribution in [2.45, 2.75) is 25.9 Å². The number of carbonyl (C=O) groups excluding carboxylic acids is 2. The smallest absolute Gasteiger partial charge is 0.240 e. The fraction of sp³-hybridized carbons (Fsp3) is 0.227. The monoisotopic (exact) mass is 375 g/mol. The lowest BCUT2D eigenvalue weighted by Crippen LogP contribution is -2.39. The molecule has 1 aliphatic heterocycles. The second-order valence-electron chi connectivity index (χ2n) is 7.14. The van der Waals surface area contributed by atoms with Gasteiger partial charge in [-0.3, -0.25) is 14.4 Å². The Labute approximate surface area is 162 Å². The number of aromatic nitrogens is 1. The Bertz CT molecular complexity index is 1120. The van der Waals surface area contributed by atoms with Gasteiger partial charge in [-0.2, -0.15) is 0 Å². The van der Waals surface area contributed by atoms with Gasteiger partial charge in [0, 0.05) is 36.3 Å². The molecule has 1 aliphatic rings. The van der Waals surface area contributed by atoms with Gasteiger partial charge in [0.15, 0.2) is 5.43 Å². The van der Waals surface area contributed by atoms with Crippen LogP contribution in [0.5, 0.6) is 0 Å². The van der Waals surface area contributed by atoms with E-state index in [2.05, 4.69) is 5.32 Å². The highest BCUT2D eigenvalue weighted by Crippen LogP contribution is 2.22. The van der Waals surface area contributed by atoms with E-state index in [0.717, 1.165) is 11.3 Å². The molecule has 2 heterocycles. The van der Waals surface area contributed by atoms with E-state index in [0.29, 0.717) is 17.4 Å². The molecule has 0 saturated carbocycles. The van der Waals surface area contributed by atoms with E-state index in [4.69, 9.17) is 0 Å². The summed E-state index contributed by atoms with van der Waals surface area (Å²) in [7, 11) is 0. The molecule has 0 spiro atoms. The van der Waals surface area contributed by atoms with Crippen LogP contribution in [0.1, 0.15) is 12.0 Å². The number of anilines is 1. The number of hydrogen-bond donors (Lipinski definition) is 1. The van der Waals surface area contributed by atoms with Crippen LogP contribution >= 0.6 is 0 Å². The lowest BCUT2D eigenvalue weighted by Gasteiger charge is -2.18. The minimum atomic E-state index is -0.230. The van der Waals surface area contributed by atoms with Gasteiger partial charge >= 0.3 is 0 Å². The third-order valence-corrected chi connectivity index (χ3v) is 5.00. The first-order valence-electron chi connectivity index (χ1n) is 9.26. The lowest BCUT2D eigenvalue weighted by molar-refractivity contribution is -0.122. The van der Waals surface area contributed by atoms with Gasteiger partial charge in [-0.15, -0.1) is 0 Å². The van der Waals surface area contributed by atoms with Crippen molar-refractivity contribution in [3.63, 3.8) is 0 Å². The zero-order chi connectivity index (χ0) is 19.7. The van der Waals surface area contributed by atoms with Crippen molar-refractivity contribution in [3.05, 3.63) is 76.6 Å². The number of benzene rings is 2. The third-order valence-electron chi connectivity index (χ3n) is 5.00. The average Bonchev–Trinajstić information content (AvgIpc) is 3.04. The van der Waals surface area contributed by atoms with Crippen LogP contribution in [0.2, 0.25) is 0 Å². The molecular formula is C22H21N3O3. The molecule has 2 aromatic carbocycles. The van der Waals surface area contributed by atoms with Crippen LogP contribution in [-0.4, -0.2) is 29.0 Å². The first-order valence-corrected chi connectivity index (χ1v) is 9.26. The largest absolute Gasteiger partial charge is 0.349 e. The molecule has 1 aromatic heterocycles. The van der Waals surface area contributed by atoms with Gasteiger partial charge in [0.25, 0.3) is 0 Å². The Morgan fingerprint density at radius 2 is 1.93 bits per heavy atom. The summed E-state index contributed by atoms with van der Waals surface area (Å²) in [4.78, 5) is 38.6. The van der Waals surface area contributed by atoms with Crippen LogP contribution in [0, 0.1) is 6.92 Å². The Morgan fingerprint density at radius 1 is 1.11 bits per heavy atom. The summed E-state index contributed by atoms with van der Waals surface area (Å²) < 4.78 is 1.75. The summed E-state index contributed by atoms with van der Waals surface area (Å²) in [6.07, 6.45) is 1.91. The summed E-state index contributed by atoms with van der Waals surface area (Å²) in [5.41, 5.74) is 2.59. The zero-order valence-electron chi connectivity index (χ0n) is 15.6. The van der Waals surface area contributed by atoms with Gasteiger partial charge in [-0.25, -0.2) is 0 Å². The molecule has 2 amide bonds. The number of amides is 2. The molecule has 0 aliphatic carbocycles. The van der Waals surface area contributed by atoms with E-state index in [1.165, 1.54) is 6.07 Å². The number of rotatable bonds is 4. The van der Waals surface area contributed by atoms with Crippen LogP contribution < -0.4 is 15.6 Å². The summed E-state index contributed by atoms with van der Waals surface area (Å²) in [6.45, 7) is 2.53. The fourth-order valence-electron chi connectivity index (χ4n) is 3.68. The molecule has 1 N–H and O–H groups in total. The van der Waals surface area contributed by atoms with E-state index < -0.39 is 0 Å². The van der Waals surface area contributed by atoms with Gasteiger partial charge in [0.05, 0.1) is 11.6 Å². The molecule has 1 saturated heterocycles. The van der Waals surface area contributed by atoms with Gasteiger partial charge < -0.3 is 14.8 Å². The molecule has 0 bridgehead atoms. The van der Waals surface area contributed by atoms with Crippen LogP contribution in [0.25, 0.3) is 10.9 Å². The first-order chi connectivity index (χ1) is 13.5. The van der Waals surface area contributed by atoms with Crippen molar-refractivity contribution < 1.29 is 9.59 Å². The SMILES string of the molecule is Cc1cccc(N2CC(NC(=O)Cn3ccc(=O)c4ccccc43)CC2=O)c1. The maximum Gasteiger partial charge on any atom is 0.240 e. The van der Waals surface area contributed by atoms with Crippen molar-refractivity contribution >= 4 is 28.4 Å². The average molecular weight is 375 g/mol. The topological polar surface area (TPSA) is 71.4 Å². The molecule has 28 heavy (non-hydrogen) atoms. The van der Waals surface area contributed by atoms with Gasteiger partial charge in [-0.1, -0.05) is 24.3 Å². The first kappa shape index (κ1) is 18.0. The highest BCUT2D eigenvalue weighted by Gasteiger charge is 2.31. The van der Waals surface area contributed by atoms with Gasteiger partial charge in [0.2, 0.25) is 11.8 Å². The molecule has 1 fully saturated rings. The van der Waals surface area contributed by atoms with E-state index in [1.54, 1.807) is 27.8 Å². The normalized spacial score (nSPS) is 16.5. The fourth-order valence-corrected chi connectivity index (χ4v) is 3.68. The second kappa shape index (κ2) is 7.31. The highest BCUT2D eigenvalue weighted by molar-refractivity contribution is 5.97. The molecule has 0 radical (unpaired) electrons. The molecule has 6 nitrogen and oxygen atoms in total. The minimum Gasteiger partial charge on any atom is -0.349 e. The van der Waals surface area contributed by atoms with E-state index in [9.17, 15) is 14.4 Å². The predicted molar refractivity (Wildman–Crippen MR) is 108 cm³/mol. The number of nitrogens with zero attached hydrogens (tertiary/aromatic N) is 2. The number of pyridine rings is 1. The Hall–Kier alpha value is -3.41. The number of aryl methyl sites for hydroxylation is 1. The Balaban J connectivity index is 1.46. The maximum atomic E-state index is 12.6. The van der Waals surface area contributed by atoms with E-state index in [-0.39, 0.29) is 36.3 Å². The van der Waals surface area contributed by atoms with Crippen LogP contribution in [0.4, 0.5) is 5.69 Å². The molecular weight excluding hydrogens is 354 g/mol. The van der Waals surface area contributed by atoms with E-state index in [1.807, 2.05) is 43.3 Å². The number of carbonyl (C=O) groups is 2. The highest BCUT2D eigenvalue weighted by atomic mass is 16.2. The predicted octanol–water partition coefficient (Wildman–Crippen LogP) is 2.23. The van der Waals surface area contributed by atoms with Crippen LogP contribution in [-0.2, 0) is 16.1 Å². The van der Waals surface area contributed by atoms with Gasteiger partial charge in [-0.05, 0) is 36.8 Å². The summed E-state index contributed by atoms with van der Waals surface area (Å²) in [6, 6.07) is 16.2. The molecule has 142 valence electrons. The molecule has 4 rings (SSSR count). The summed E-state index contributed by atoms with van der Waals surface area (Å²) >= 11 is 0. The zero-order valence-corrected chi connectivity index (χ0v) is 15.6. The van der Waals surface area contributed by atoms with Crippen molar-refractivity contribution in [2.24, 2.45) is 0 Å². The van der Waals surface area contributed by atoms with E-state index >= 15 is 0 Å². The van der Waals surface area contributed by atoms with Crippen molar-refractivity contribution in [1.82, 2.24) is 9.88 Å².